The summed E-state index contributed by atoms with van der Waals surface area (Å²) in [7, 11) is 0. The predicted molar refractivity (Wildman–Crippen MR) is 102 cm³/mol. The van der Waals surface area contributed by atoms with Crippen LogP contribution in [0.3, 0.4) is 0 Å². The standard InChI is InChI=1S/C23H32O4/c1-4-13-26-21(25)27-16-9-11-22(2)15(14-16)5-6-17-18-7-8-20(24)23(18,3)12-10-19(17)22/h1,15-19H,5-14H2,2-3H3/t15-,16-,17-,18-,19-,22-,23-/m0/s1. The number of hydrogen-bond donors (Lipinski definition) is 0. The van der Waals surface area contributed by atoms with E-state index < -0.39 is 6.16 Å². The average Bonchev–Trinajstić information content (AvgIpc) is 2.95. The maximum atomic E-state index is 12.5. The molecule has 0 aromatic carbocycles. The Morgan fingerprint density at radius 3 is 2.74 bits per heavy atom. The van der Waals surface area contributed by atoms with Crippen LogP contribution in [0.5, 0.6) is 0 Å². The Balaban J connectivity index is 1.44. The van der Waals surface area contributed by atoms with E-state index in [1.54, 1.807) is 0 Å². The second-order valence-electron chi connectivity index (χ2n) is 9.83. The molecule has 0 radical (unpaired) electrons. The van der Waals surface area contributed by atoms with E-state index in [1.165, 1.54) is 19.3 Å². The van der Waals surface area contributed by atoms with Crippen LogP contribution in [0.4, 0.5) is 4.79 Å². The fourth-order valence-corrected chi connectivity index (χ4v) is 7.37. The van der Waals surface area contributed by atoms with Crippen molar-refractivity contribution >= 4 is 11.9 Å². The van der Waals surface area contributed by atoms with E-state index in [2.05, 4.69) is 19.8 Å². The fourth-order valence-electron chi connectivity index (χ4n) is 7.37. The highest BCUT2D eigenvalue weighted by Gasteiger charge is 2.60. The van der Waals surface area contributed by atoms with Crippen molar-refractivity contribution in [1.82, 2.24) is 0 Å². The number of ketones is 1. The molecule has 4 aliphatic rings. The van der Waals surface area contributed by atoms with Crippen molar-refractivity contribution in [1.29, 1.82) is 0 Å². The van der Waals surface area contributed by atoms with Gasteiger partial charge in [-0.1, -0.05) is 19.8 Å². The summed E-state index contributed by atoms with van der Waals surface area (Å²) in [5.41, 5.74) is 0.268. The first-order chi connectivity index (χ1) is 12.9. The minimum atomic E-state index is -0.631. The minimum Gasteiger partial charge on any atom is -0.431 e. The zero-order chi connectivity index (χ0) is 19.2. The van der Waals surface area contributed by atoms with Crippen LogP contribution < -0.4 is 0 Å². The first-order valence-electron chi connectivity index (χ1n) is 10.7. The SMILES string of the molecule is C#CCOC(=O)O[C@H]1CC[C@@]2(C)[C@@H](CC[C@@H]3[C@@H]2CC[C@]2(C)C(=O)CC[C@@H]32)C1. The summed E-state index contributed by atoms with van der Waals surface area (Å²) >= 11 is 0. The van der Waals surface area contributed by atoms with Gasteiger partial charge in [0.2, 0.25) is 0 Å². The molecule has 0 heterocycles. The summed E-state index contributed by atoms with van der Waals surface area (Å²) < 4.78 is 10.4. The Morgan fingerprint density at radius 1 is 1.15 bits per heavy atom. The number of terminal acetylenes is 1. The Hall–Kier alpha value is -1.50. The Bertz CT molecular complexity index is 664. The lowest BCUT2D eigenvalue weighted by Crippen LogP contribution is -2.54. The number of rotatable bonds is 2. The van der Waals surface area contributed by atoms with Crippen LogP contribution >= 0.6 is 0 Å². The third-order valence-electron chi connectivity index (χ3n) is 8.86. The summed E-state index contributed by atoms with van der Waals surface area (Å²) in [6.07, 6.45) is 14.0. The zero-order valence-electron chi connectivity index (χ0n) is 16.7. The van der Waals surface area contributed by atoms with Crippen molar-refractivity contribution in [3.63, 3.8) is 0 Å². The molecule has 4 saturated carbocycles. The van der Waals surface area contributed by atoms with Crippen LogP contribution in [0.15, 0.2) is 0 Å². The van der Waals surface area contributed by atoms with Gasteiger partial charge >= 0.3 is 6.16 Å². The summed E-state index contributed by atoms with van der Waals surface area (Å²) in [4.78, 5) is 24.3. The second kappa shape index (κ2) is 6.83. The molecule has 0 aromatic rings. The highest BCUT2D eigenvalue weighted by molar-refractivity contribution is 5.87. The summed E-state index contributed by atoms with van der Waals surface area (Å²) in [6, 6.07) is 0. The van der Waals surface area contributed by atoms with Crippen LogP contribution in [0, 0.1) is 46.8 Å². The van der Waals surface area contributed by atoms with Crippen molar-refractivity contribution in [3.8, 4) is 12.3 Å². The summed E-state index contributed by atoms with van der Waals surface area (Å²) in [6.45, 7) is 4.68. The van der Waals surface area contributed by atoms with Gasteiger partial charge in [-0.2, -0.15) is 0 Å². The molecule has 4 heteroatoms. The van der Waals surface area contributed by atoms with Gasteiger partial charge in [-0.15, -0.1) is 6.42 Å². The molecule has 0 unspecified atom stereocenters. The number of hydrogen-bond acceptors (Lipinski definition) is 4. The molecule has 4 nitrogen and oxygen atoms in total. The molecule has 4 rings (SSSR count). The van der Waals surface area contributed by atoms with E-state index in [9.17, 15) is 9.59 Å². The van der Waals surface area contributed by atoms with Gasteiger partial charge in [0, 0.05) is 11.8 Å². The van der Waals surface area contributed by atoms with Gasteiger partial charge in [0.25, 0.3) is 0 Å². The number of carbonyl (C=O) groups excluding carboxylic acids is 2. The molecule has 27 heavy (non-hydrogen) atoms. The fraction of sp³-hybridized carbons (Fsp3) is 0.826. The predicted octanol–water partition coefficient (Wildman–Crippen LogP) is 4.75. The van der Waals surface area contributed by atoms with E-state index in [4.69, 9.17) is 15.9 Å². The number of carbonyl (C=O) groups is 2. The van der Waals surface area contributed by atoms with Crippen LogP contribution in [0.2, 0.25) is 0 Å². The highest BCUT2D eigenvalue weighted by Crippen LogP contribution is 2.65. The molecular weight excluding hydrogens is 340 g/mol. The monoisotopic (exact) mass is 372 g/mol. The normalized spacial score (nSPS) is 45.8. The highest BCUT2D eigenvalue weighted by atomic mass is 16.7. The van der Waals surface area contributed by atoms with Crippen LogP contribution in [-0.4, -0.2) is 24.6 Å². The molecule has 0 bridgehead atoms. The van der Waals surface area contributed by atoms with E-state index in [-0.39, 0.29) is 18.1 Å². The summed E-state index contributed by atoms with van der Waals surface area (Å²) in [5.74, 6) is 5.42. The van der Waals surface area contributed by atoms with Crippen LogP contribution in [0.25, 0.3) is 0 Å². The molecule has 0 aromatic heterocycles. The van der Waals surface area contributed by atoms with Crippen molar-refractivity contribution in [2.24, 2.45) is 34.5 Å². The molecule has 7 atom stereocenters. The van der Waals surface area contributed by atoms with Gasteiger partial charge in [0.05, 0.1) is 0 Å². The van der Waals surface area contributed by atoms with Gasteiger partial charge in [0.1, 0.15) is 11.9 Å². The quantitative estimate of drug-likeness (QED) is 0.518. The van der Waals surface area contributed by atoms with E-state index >= 15 is 0 Å². The Morgan fingerprint density at radius 2 is 1.96 bits per heavy atom. The Kier molecular flexibility index (Phi) is 4.77. The van der Waals surface area contributed by atoms with Crippen LogP contribution in [0.1, 0.15) is 71.6 Å². The zero-order valence-corrected chi connectivity index (χ0v) is 16.7. The maximum absolute atomic E-state index is 12.5. The molecule has 0 N–H and O–H groups in total. The molecule has 0 saturated heterocycles. The second-order valence-corrected chi connectivity index (χ2v) is 9.83. The first kappa shape index (κ1) is 18.8. The lowest BCUT2D eigenvalue weighted by Gasteiger charge is -2.60. The van der Waals surface area contributed by atoms with Gasteiger partial charge in [-0.25, -0.2) is 4.79 Å². The van der Waals surface area contributed by atoms with Crippen molar-refractivity contribution in [2.45, 2.75) is 77.7 Å². The largest absolute Gasteiger partial charge is 0.509 e. The molecule has 4 aliphatic carbocycles. The molecule has 0 spiro atoms. The molecule has 0 aliphatic heterocycles. The van der Waals surface area contributed by atoms with Crippen LogP contribution in [-0.2, 0) is 14.3 Å². The molecule has 148 valence electrons. The smallest absolute Gasteiger partial charge is 0.431 e. The average molecular weight is 373 g/mol. The molecule has 4 fully saturated rings. The third kappa shape index (κ3) is 2.98. The topological polar surface area (TPSA) is 52.6 Å². The third-order valence-corrected chi connectivity index (χ3v) is 8.86. The summed E-state index contributed by atoms with van der Waals surface area (Å²) in [5, 5.41) is 0. The maximum Gasteiger partial charge on any atom is 0.509 e. The van der Waals surface area contributed by atoms with Gasteiger partial charge < -0.3 is 9.47 Å². The van der Waals surface area contributed by atoms with Gasteiger partial charge in [0.15, 0.2) is 6.61 Å². The minimum absolute atomic E-state index is 0.0324. The number of Topliss-reactive ketones (excluding diaryl/α,β-unsaturated/α-hetero) is 1. The van der Waals surface area contributed by atoms with E-state index in [1.807, 2.05) is 0 Å². The number of fused-ring (bicyclic) bond motifs is 5. The number of ether oxygens (including phenoxy) is 2. The van der Waals surface area contributed by atoms with E-state index in [0.717, 1.165) is 44.4 Å². The first-order valence-corrected chi connectivity index (χ1v) is 10.7. The van der Waals surface area contributed by atoms with Crippen molar-refractivity contribution < 1.29 is 19.1 Å². The van der Waals surface area contributed by atoms with Gasteiger partial charge in [-0.05, 0) is 80.5 Å². The molecular formula is C23H32O4. The lowest BCUT2D eigenvalue weighted by molar-refractivity contribution is -0.143. The van der Waals surface area contributed by atoms with E-state index in [0.29, 0.717) is 29.0 Å². The molecule has 0 amide bonds. The lowest BCUT2D eigenvalue weighted by atomic mass is 9.45. The van der Waals surface area contributed by atoms with Crippen molar-refractivity contribution in [2.75, 3.05) is 6.61 Å². The van der Waals surface area contributed by atoms with Gasteiger partial charge in [-0.3, -0.25) is 4.79 Å². The Labute approximate surface area is 162 Å². The van der Waals surface area contributed by atoms with Crippen molar-refractivity contribution in [3.05, 3.63) is 0 Å².